The minimum absolute atomic E-state index is 0.311. The van der Waals surface area contributed by atoms with Gasteiger partial charge in [0.1, 0.15) is 0 Å². The molecule has 3 saturated carbocycles. The van der Waals surface area contributed by atoms with Crippen molar-refractivity contribution >= 4 is 16.9 Å². The van der Waals surface area contributed by atoms with Crippen LogP contribution in [0.3, 0.4) is 0 Å². The maximum atomic E-state index is 5.98. The van der Waals surface area contributed by atoms with Crippen molar-refractivity contribution < 1.29 is 0 Å². The summed E-state index contributed by atoms with van der Waals surface area (Å²) in [5.74, 6) is 3.69. The monoisotopic (exact) mass is 345 g/mol. The summed E-state index contributed by atoms with van der Waals surface area (Å²) in [6.45, 7) is 5.17. The zero-order chi connectivity index (χ0) is 16.5. The van der Waals surface area contributed by atoms with E-state index in [4.69, 9.17) is 5.73 Å². The van der Waals surface area contributed by atoms with Gasteiger partial charge in [-0.2, -0.15) is 5.10 Å². The Hall–Kier alpha value is -0.640. The number of allylic oxidation sites excluding steroid dienone is 2. The molecule has 132 valence electrons. The van der Waals surface area contributed by atoms with Gasteiger partial charge < -0.3 is 5.73 Å². The summed E-state index contributed by atoms with van der Waals surface area (Å²) >= 11 is 1.73. The van der Waals surface area contributed by atoms with E-state index in [9.17, 15) is 0 Å². The molecule has 1 aliphatic heterocycles. The molecule has 0 bridgehead atoms. The molecule has 0 amide bonds. The summed E-state index contributed by atoms with van der Waals surface area (Å²) in [5, 5.41) is 5.03. The number of hydrogen-bond acceptors (Lipinski definition) is 4. The topological polar surface area (TPSA) is 50.4 Å². The third-order valence-electron chi connectivity index (χ3n) is 8.73. The van der Waals surface area contributed by atoms with Crippen molar-refractivity contribution in [2.24, 2.45) is 45.3 Å². The number of amidine groups is 1. The molecule has 0 radical (unpaired) electrons. The highest BCUT2D eigenvalue weighted by atomic mass is 32.2. The van der Waals surface area contributed by atoms with Gasteiger partial charge in [-0.3, -0.25) is 5.43 Å². The van der Waals surface area contributed by atoms with E-state index in [1.807, 2.05) is 0 Å². The molecule has 0 aromatic rings. The fourth-order valence-electron chi connectivity index (χ4n) is 7.47. The number of nitrogens with two attached hydrogens (primary N) is 1. The Labute approximate surface area is 150 Å². The Kier molecular flexibility index (Phi) is 3.37. The summed E-state index contributed by atoms with van der Waals surface area (Å²) < 4.78 is 0. The van der Waals surface area contributed by atoms with Gasteiger partial charge in [-0.15, -0.1) is 0 Å². The molecule has 0 aromatic carbocycles. The fourth-order valence-corrected chi connectivity index (χ4v) is 8.45. The van der Waals surface area contributed by atoms with Crippen LogP contribution in [-0.2, 0) is 0 Å². The molecule has 3 N–H and O–H groups in total. The number of nitrogens with zero attached hydrogens (tertiary/aromatic N) is 1. The lowest BCUT2D eigenvalue weighted by Gasteiger charge is -2.60. The highest BCUT2D eigenvalue weighted by molar-refractivity contribution is 8.17. The highest BCUT2D eigenvalue weighted by Gasteiger charge is 2.59. The normalized spacial score (nSPS) is 50.2. The van der Waals surface area contributed by atoms with Gasteiger partial charge in [-0.05, 0) is 74.0 Å². The number of hydrazone groups is 1. The smallest absolute Gasteiger partial charge is 0.182 e. The van der Waals surface area contributed by atoms with E-state index >= 15 is 0 Å². The maximum absolute atomic E-state index is 5.98. The van der Waals surface area contributed by atoms with Crippen LogP contribution in [-0.4, -0.2) is 5.17 Å². The maximum Gasteiger partial charge on any atom is 0.182 e. The molecule has 1 heterocycles. The van der Waals surface area contributed by atoms with Crippen LogP contribution in [0.5, 0.6) is 0 Å². The van der Waals surface area contributed by atoms with Crippen molar-refractivity contribution in [2.75, 3.05) is 0 Å². The van der Waals surface area contributed by atoms with E-state index < -0.39 is 0 Å². The van der Waals surface area contributed by atoms with Gasteiger partial charge in [-0.1, -0.05) is 38.5 Å². The average molecular weight is 346 g/mol. The van der Waals surface area contributed by atoms with Crippen LogP contribution in [0, 0.1) is 34.5 Å². The van der Waals surface area contributed by atoms with Gasteiger partial charge in [0.15, 0.2) is 5.17 Å². The van der Waals surface area contributed by atoms with E-state index in [0.29, 0.717) is 16.0 Å². The standard InChI is InChI=1S/C20H31N3S/c1-19-9-4-3-5-12(19)6-7-13-14(19)8-10-20(2)15(13)11-16-17(20)22-23-18(21)24-16/h12-15,22H,3-11H2,1-2H3,(H2,21,23)/t12-,13-,14+,15+,19+,20+/m1/s1. The quantitative estimate of drug-likeness (QED) is 0.662. The molecule has 0 spiro atoms. The molecule has 6 atom stereocenters. The van der Waals surface area contributed by atoms with Gasteiger partial charge in [0.25, 0.3) is 0 Å². The van der Waals surface area contributed by atoms with Crippen molar-refractivity contribution in [1.82, 2.24) is 5.43 Å². The van der Waals surface area contributed by atoms with Crippen molar-refractivity contribution in [3.05, 3.63) is 10.6 Å². The second-order valence-corrected chi connectivity index (χ2v) is 10.6. The molecule has 24 heavy (non-hydrogen) atoms. The molecular formula is C20H31N3S. The Morgan fingerprint density at radius 3 is 2.83 bits per heavy atom. The third-order valence-corrected chi connectivity index (χ3v) is 9.65. The van der Waals surface area contributed by atoms with E-state index in [2.05, 4.69) is 24.4 Å². The zero-order valence-electron chi connectivity index (χ0n) is 15.1. The van der Waals surface area contributed by atoms with Gasteiger partial charge in [0.2, 0.25) is 0 Å². The first-order valence-electron chi connectivity index (χ1n) is 10.0. The SMILES string of the molecule is C[C@]12CCCC[C@@H]1CC[C@@H]1[C@@H]2CC[C@]2(C)C3=C(C[C@@H]12)SC(N)=NN3. The molecule has 5 aliphatic rings. The van der Waals surface area contributed by atoms with Crippen LogP contribution in [0.1, 0.15) is 71.6 Å². The number of rotatable bonds is 0. The number of hydrogen-bond donors (Lipinski definition) is 2. The predicted octanol–water partition coefficient (Wildman–Crippen LogP) is 4.81. The minimum atomic E-state index is 0.311. The molecule has 0 unspecified atom stereocenters. The van der Waals surface area contributed by atoms with Crippen LogP contribution >= 0.6 is 11.8 Å². The Bertz CT molecular complexity index is 626. The number of thioether (sulfide) groups is 1. The van der Waals surface area contributed by atoms with Crippen molar-refractivity contribution in [3.8, 4) is 0 Å². The van der Waals surface area contributed by atoms with Crippen LogP contribution < -0.4 is 11.2 Å². The van der Waals surface area contributed by atoms with E-state index in [1.165, 1.54) is 68.4 Å². The summed E-state index contributed by atoms with van der Waals surface area (Å²) in [7, 11) is 0. The van der Waals surface area contributed by atoms with Gasteiger partial charge >= 0.3 is 0 Å². The zero-order valence-corrected chi connectivity index (χ0v) is 15.9. The first-order valence-corrected chi connectivity index (χ1v) is 10.8. The van der Waals surface area contributed by atoms with E-state index in [0.717, 1.165) is 23.7 Å². The molecule has 3 nitrogen and oxygen atoms in total. The van der Waals surface area contributed by atoms with Gasteiger partial charge in [0.05, 0.1) is 0 Å². The van der Waals surface area contributed by atoms with Crippen molar-refractivity contribution in [1.29, 1.82) is 0 Å². The van der Waals surface area contributed by atoms with Crippen LogP contribution in [0.15, 0.2) is 15.7 Å². The fraction of sp³-hybridized carbons (Fsp3) is 0.850. The second-order valence-electron chi connectivity index (χ2n) is 9.53. The van der Waals surface area contributed by atoms with Gasteiger partial charge in [0, 0.05) is 16.0 Å². The lowest BCUT2D eigenvalue weighted by molar-refractivity contribution is -0.0996. The molecule has 3 fully saturated rings. The average Bonchev–Trinajstić information content (AvgIpc) is 2.86. The summed E-state index contributed by atoms with van der Waals surface area (Å²) in [6, 6.07) is 0. The molecule has 4 aliphatic carbocycles. The number of fused-ring (bicyclic) bond motifs is 6. The van der Waals surface area contributed by atoms with Crippen LogP contribution in [0.4, 0.5) is 0 Å². The summed E-state index contributed by atoms with van der Waals surface area (Å²) in [4.78, 5) is 1.49. The summed E-state index contributed by atoms with van der Waals surface area (Å²) in [5.41, 5.74) is 11.7. The Morgan fingerprint density at radius 1 is 1.08 bits per heavy atom. The predicted molar refractivity (Wildman–Crippen MR) is 101 cm³/mol. The Balaban J connectivity index is 1.46. The van der Waals surface area contributed by atoms with E-state index in [-0.39, 0.29) is 0 Å². The van der Waals surface area contributed by atoms with E-state index in [1.54, 1.807) is 11.8 Å². The number of nitrogens with one attached hydrogen (secondary N) is 1. The van der Waals surface area contributed by atoms with Crippen LogP contribution in [0.25, 0.3) is 0 Å². The molecular weight excluding hydrogens is 314 g/mol. The lowest BCUT2D eigenvalue weighted by Crippen LogP contribution is -2.52. The lowest BCUT2D eigenvalue weighted by atomic mass is 9.45. The largest absolute Gasteiger partial charge is 0.377 e. The molecule has 0 saturated heterocycles. The van der Waals surface area contributed by atoms with Crippen molar-refractivity contribution in [3.63, 3.8) is 0 Å². The van der Waals surface area contributed by atoms with Crippen LogP contribution in [0.2, 0.25) is 0 Å². The highest BCUT2D eigenvalue weighted by Crippen LogP contribution is 2.67. The molecule has 5 rings (SSSR count). The van der Waals surface area contributed by atoms with Gasteiger partial charge in [-0.25, -0.2) is 0 Å². The first-order chi connectivity index (χ1) is 11.5. The Morgan fingerprint density at radius 2 is 1.96 bits per heavy atom. The third kappa shape index (κ3) is 1.95. The summed E-state index contributed by atoms with van der Waals surface area (Å²) in [6.07, 6.45) is 12.9. The second kappa shape index (κ2) is 5.18. The first kappa shape index (κ1) is 15.6. The molecule has 4 heteroatoms. The molecule has 0 aromatic heterocycles. The minimum Gasteiger partial charge on any atom is -0.377 e. The van der Waals surface area contributed by atoms with Crippen molar-refractivity contribution in [2.45, 2.75) is 71.6 Å².